The normalized spacial score (nSPS) is 23.1. The monoisotopic (exact) mass is 256 g/mol. The fourth-order valence-electron chi connectivity index (χ4n) is 2.58. The highest BCUT2D eigenvalue weighted by molar-refractivity contribution is 5.76. The number of ether oxygens (including phenoxy) is 1. The average Bonchev–Trinajstić information content (AvgIpc) is 2.25. The first-order valence-electron chi connectivity index (χ1n) is 7.10. The maximum Gasteiger partial charge on any atom is 0.222 e. The first-order valence-corrected chi connectivity index (χ1v) is 7.10. The highest BCUT2D eigenvalue weighted by Gasteiger charge is 2.33. The van der Waals surface area contributed by atoms with Gasteiger partial charge in [-0.2, -0.15) is 0 Å². The number of amides is 1. The molecule has 1 aliphatic heterocycles. The second kappa shape index (κ2) is 7.10. The minimum Gasteiger partial charge on any atom is -0.369 e. The van der Waals surface area contributed by atoms with E-state index in [-0.39, 0.29) is 17.6 Å². The van der Waals surface area contributed by atoms with Crippen LogP contribution in [0.15, 0.2) is 0 Å². The van der Waals surface area contributed by atoms with E-state index in [4.69, 9.17) is 10.5 Å². The van der Waals surface area contributed by atoms with Gasteiger partial charge in [-0.25, -0.2) is 0 Å². The van der Waals surface area contributed by atoms with Gasteiger partial charge in [0.15, 0.2) is 0 Å². The maximum absolute atomic E-state index is 12.1. The smallest absolute Gasteiger partial charge is 0.222 e. The molecule has 1 atom stereocenters. The van der Waals surface area contributed by atoms with E-state index in [1.807, 2.05) is 25.7 Å². The number of hydrogen-bond donors (Lipinski definition) is 1. The van der Waals surface area contributed by atoms with Gasteiger partial charge in [0.05, 0.1) is 11.7 Å². The topological polar surface area (TPSA) is 55.6 Å². The van der Waals surface area contributed by atoms with E-state index >= 15 is 0 Å². The number of carbonyl (C=O) groups excluding carboxylic acids is 1. The molecule has 1 heterocycles. The molecule has 1 amide bonds. The van der Waals surface area contributed by atoms with Crippen molar-refractivity contribution in [1.82, 2.24) is 4.90 Å². The molecule has 0 spiro atoms. The molecule has 1 unspecified atom stereocenters. The summed E-state index contributed by atoms with van der Waals surface area (Å²) < 4.78 is 5.80. The third-order valence-electron chi connectivity index (χ3n) is 3.27. The van der Waals surface area contributed by atoms with Gasteiger partial charge in [-0.05, 0) is 40.2 Å². The van der Waals surface area contributed by atoms with Crippen LogP contribution in [0, 0.1) is 0 Å². The summed E-state index contributed by atoms with van der Waals surface area (Å²) in [5, 5.41) is 0. The van der Waals surface area contributed by atoms with Gasteiger partial charge in [0.25, 0.3) is 0 Å². The van der Waals surface area contributed by atoms with Crippen LogP contribution >= 0.6 is 0 Å². The number of rotatable bonds is 6. The van der Waals surface area contributed by atoms with Gasteiger partial charge >= 0.3 is 0 Å². The molecule has 4 nitrogen and oxygen atoms in total. The van der Waals surface area contributed by atoms with Crippen molar-refractivity contribution in [3.8, 4) is 0 Å². The van der Waals surface area contributed by atoms with Crippen molar-refractivity contribution in [3.63, 3.8) is 0 Å². The summed E-state index contributed by atoms with van der Waals surface area (Å²) in [5.74, 6) is 0.269. The lowest BCUT2D eigenvalue weighted by molar-refractivity contribution is -0.158. The van der Waals surface area contributed by atoms with E-state index in [0.717, 1.165) is 38.8 Å². The molecule has 1 rings (SSSR count). The molecule has 1 saturated heterocycles. The number of hydrogen-bond acceptors (Lipinski definition) is 3. The Labute approximate surface area is 111 Å². The Hall–Kier alpha value is -0.610. The fraction of sp³-hybridized carbons (Fsp3) is 0.929. The van der Waals surface area contributed by atoms with Crippen molar-refractivity contribution in [2.75, 3.05) is 19.6 Å². The third kappa shape index (κ3) is 5.36. The van der Waals surface area contributed by atoms with Crippen LogP contribution in [0.5, 0.6) is 0 Å². The summed E-state index contributed by atoms with van der Waals surface area (Å²) in [4.78, 5) is 14.1. The summed E-state index contributed by atoms with van der Waals surface area (Å²) in [6, 6.07) is 0. The Kier molecular flexibility index (Phi) is 6.09. The van der Waals surface area contributed by atoms with E-state index < -0.39 is 0 Å². The first kappa shape index (κ1) is 15.4. The zero-order chi connectivity index (χ0) is 13.6. The van der Waals surface area contributed by atoms with Crippen LogP contribution in [0.1, 0.15) is 52.9 Å². The predicted octanol–water partition coefficient (Wildman–Crippen LogP) is 1.92. The van der Waals surface area contributed by atoms with E-state index in [2.05, 4.69) is 0 Å². The average molecular weight is 256 g/mol. The molecule has 4 heteroatoms. The predicted molar refractivity (Wildman–Crippen MR) is 73.3 cm³/mol. The zero-order valence-electron chi connectivity index (χ0n) is 12.1. The van der Waals surface area contributed by atoms with Crippen LogP contribution in [0.25, 0.3) is 0 Å². The van der Waals surface area contributed by atoms with Gasteiger partial charge in [-0.1, -0.05) is 12.8 Å². The summed E-state index contributed by atoms with van der Waals surface area (Å²) in [7, 11) is 0. The Bertz CT molecular complexity index is 267. The first-order chi connectivity index (χ1) is 8.44. The lowest BCUT2D eigenvalue weighted by atomic mass is 10.0. The fourth-order valence-corrected chi connectivity index (χ4v) is 2.58. The summed E-state index contributed by atoms with van der Waals surface area (Å²) in [6.07, 6.45) is 5.07. The van der Waals surface area contributed by atoms with Gasteiger partial charge < -0.3 is 15.4 Å². The maximum atomic E-state index is 12.1. The number of nitrogens with two attached hydrogens (primary N) is 1. The van der Waals surface area contributed by atoms with Crippen LogP contribution in [0.4, 0.5) is 0 Å². The molecule has 0 saturated carbocycles. The quantitative estimate of drug-likeness (QED) is 0.739. The van der Waals surface area contributed by atoms with E-state index in [9.17, 15) is 4.79 Å². The van der Waals surface area contributed by atoms with Crippen LogP contribution in [-0.2, 0) is 9.53 Å². The number of nitrogens with zero attached hydrogens (tertiary/aromatic N) is 1. The Morgan fingerprint density at radius 2 is 2.00 bits per heavy atom. The summed E-state index contributed by atoms with van der Waals surface area (Å²) in [5.41, 5.74) is 5.23. The summed E-state index contributed by atoms with van der Waals surface area (Å²) in [6.45, 7) is 8.31. The van der Waals surface area contributed by atoms with Gasteiger partial charge in [-0.15, -0.1) is 0 Å². The highest BCUT2D eigenvalue weighted by Crippen LogP contribution is 2.21. The molecular formula is C14H28N2O2. The minimum absolute atomic E-state index is 0.134. The largest absolute Gasteiger partial charge is 0.369 e. The lowest BCUT2D eigenvalue weighted by Gasteiger charge is -2.41. The molecule has 106 valence electrons. The molecule has 18 heavy (non-hydrogen) atoms. The lowest BCUT2D eigenvalue weighted by Crippen LogP contribution is -2.53. The third-order valence-corrected chi connectivity index (χ3v) is 3.27. The van der Waals surface area contributed by atoms with Crippen molar-refractivity contribution in [3.05, 3.63) is 0 Å². The number of carbonyl (C=O) groups is 1. The molecule has 0 aromatic rings. The van der Waals surface area contributed by atoms with E-state index in [1.165, 1.54) is 0 Å². The number of unbranched alkanes of at least 4 members (excludes halogenated alkanes) is 3. The van der Waals surface area contributed by atoms with E-state index in [1.54, 1.807) is 0 Å². The molecular weight excluding hydrogens is 228 g/mol. The molecule has 1 aliphatic rings. The van der Waals surface area contributed by atoms with Crippen molar-refractivity contribution in [1.29, 1.82) is 0 Å². The van der Waals surface area contributed by atoms with Crippen molar-refractivity contribution in [2.45, 2.75) is 64.6 Å². The zero-order valence-corrected chi connectivity index (χ0v) is 12.1. The minimum atomic E-state index is -0.215. The van der Waals surface area contributed by atoms with Gasteiger partial charge in [0.1, 0.15) is 0 Å². The number of morpholine rings is 1. The van der Waals surface area contributed by atoms with Gasteiger partial charge in [0.2, 0.25) is 5.91 Å². The van der Waals surface area contributed by atoms with Crippen LogP contribution in [0.2, 0.25) is 0 Å². The van der Waals surface area contributed by atoms with Gasteiger partial charge in [0, 0.05) is 19.5 Å². The molecule has 0 bridgehead atoms. The van der Waals surface area contributed by atoms with Gasteiger partial charge in [-0.3, -0.25) is 4.79 Å². The molecule has 2 N–H and O–H groups in total. The second-order valence-electron chi connectivity index (χ2n) is 5.92. The Morgan fingerprint density at radius 3 is 2.61 bits per heavy atom. The van der Waals surface area contributed by atoms with Crippen LogP contribution < -0.4 is 5.73 Å². The molecule has 0 aromatic carbocycles. The second-order valence-corrected chi connectivity index (χ2v) is 5.92. The molecule has 1 fully saturated rings. The molecule has 0 radical (unpaired) electrons. The van der Waals surface area contributed by atoms with Crippen molar-refractivity contribution >= 4 is 5.91 Å². The van der Waals surface area contributed by atoms with Crippen LogP contribution in [-0.4, -0.2) is 42.1 Å². The Balaban J connectivity index is 2.28. The highest BCUT2D eigenvalue weighted by atomic mass is 16.5. The molecule has 0 aromatic heterocycles. The summed E-state index contributed by atoms with van der Waals surface area (Å²) >= 11 is 0. The van der Waals surface area contributed by atoms with E-state index in [0.29, 0.717) is 13.0 Å². The standard InChI is InChI=1S/C14H28N2O2/c1-12-10-16(11-14(2,3)18-12)13(17)8-6-4-5-7-9-15/h12H,4-11,15H2,1-3H3. The Morgan fingerprint density at radius 1 is 1.33 bits per heavy atom. The van der Waals surface area contributed by atoms with Crippen molar-refractivity contribution in [2.24, 2.45) is 5.73 Å². The molecule has 0 aliphatic carbocycles. The SMILES string of the molecule is CC1CN(C(=O)CCCCCCN)CC(C)(C)O1. The van der Waals surface area contributed by atoms with Crippen molar-refractivity contribution < 1.29 is 9.53 Å². The van der Waals surface area contributed by atoms with Crippen LogP contribution in [0.3, 0.4) is 0 Å².